The van der Waals surface area contributed by atoms with Crippen molar-refractivity contribution in [3.05, 3.63) is 0 Å². The van der Waals surface area contributed by atoms with Crippen LogP contribution in [0.5, 0.6) is 0 Å². The number of ether oxygens (including phenoxy) is 3. The smallest absolute Gasteiger partial charge is 0.306 e. The molecule has 3 rings (SSSR count). The second kappa shape index (κ2) is 8.15. The number of hydrogen-bond acceptors (Lipinski definition) is 5. The number of aliphatic hydroxyl groups is 1. The highest BCUT2D eigenvalue weighted by Gasteiger charge is 2.50. The van der Waals surface area contributed by atoms with Gasteiger partial charge in [0, 0.05) is 25.2 Å². The molecule has 1 N–H and O–H groups in total. The first kappa shape index (κ1) is 18.2. The summed E-state index contributed by atoms with van der Waals surface area (Å²) in [6.07, 6.45) is 9.35. The first-order valence-electron chi connectivity index (χ1n) is 9.79. The second-order valence-corrected chi connectivity index (χ2v) is 7.67. The van der Waals surface area contributed by atoms with Crippen LogP contribution in [0.2, 0.25) is 0 Å². The molecule has 0 bridgehead atoms. The van der Waals surface area contributed by atoms with Crippen molar-refractivity contribution in [1.82, 2.24) is 0 Å². The number of esters is 1. The fourth-order valence-electron chi connectivity index (χ4n) is 4.68. The summed E-state index contributed by atoms with van der Waals surface area (Å²) in [6, 6.07) is 0. The highest BCUT2D eigenvalue weighted by molar-refractivity contribution is 5.72. The van der Waals surface area contributed by atoms with E-state index in [1.807, 2.05) is 0 Å². The third-order valence-electron chi connectivity index (χ3n) is 6.01. The van der Waals surface area contributed by atoms with Gasteiger partial charge in [-0.1, -0.05) is 32.6 Å². The number of hydrogen-bond donors (Lipinski definition) is 1. The quantitative estimate of drug-likeness (QED) is 0.516. The van der Waals surface area contributed by atoms with Gasteiger partial charge in [-0.2, -0.15) is 0 Å². The lowest BCUT2D eigenvalue weighted by atomic mass is 9.86. The Bertz CT molecular complexity index is 418. The Balaban J connectivity index is 1.49. The predicted octanol–water partition coefficient (Wildman–Crippen LogP) is 3.18. The molecule has 2 aliphatic heterocycles. The number of fused-ring (bicyclic) bond motifs is 1. The van der Waals surface area contributed by atoms with E-state index in [1.165, 1.54) is 25.7 Å². The second-order valence-electron chi connectivity index (χ2n) is 7.67. The lowest BCUT2D eigenvalue weighted by Crippen LogP contribution is -2.32. The molecule has 2 saturated heterocycles. The van der Waals surface area contributed by atoms with E-state index in [-0.39, 0.29) is 30.0 Å². The largest absolute Gasteiger partial charge is 0.462 e. The molecule has 0 radical (unpaired) electrons. The van der Waals surface area contributed by atoms with Crippen LogP contribution in [0.25, 0.3) is 0 Å². The van der Waals surface area contributed by atoms with Crippen molar-refractivity contribution < 1.29 is 24.1 Å². The molecular weight excluding hydrogens is 308 g/mol. The number of unbranched alkanes of at least 4 members (excludes halogenated alkanes) is 4. The van der Waals surface area contributed by atoms with Gasteiger partial charge in [0.1, 0.15) is 6.10 Å². The summed E-state index contributed by atoms with van der Waals surface area (Å²) in [5.74, 6) is -0.268. The number of rotatable bonds is 9. The summed E-state index contributed by atoms with van der Waals surface area (Å²) in [5.41, 5.74) is 0. The van der Waals surface area contributed by atoms with Gasteiger partial charge in [-0.25, -0.2) is 0 Å². The van der Waals surface area contributed by atoms with Crippen LogP contribution in [0.4, 0.5) is 0 Å². The van der Waals surface area contributed by atoms with Crippen LogP contribution in [0.3, 0.4) is 0 Å². The number of aliphatic hydroxyl groups excluding tert-OH is 1. The van der Waals surface area contributed by atoms with Crippen LogP contribution < -0.4 is 0 Å². The first-order valence-corrected chi connectivity index (χ1v) is 9.79. The van der Waals surface area contributed by atoms with Crippen molar-refractivity contribution in [2.24, 2.45) is 11.8 Å². The van der Waals surface area contributed by atoms with Gasteiger partial charge in [0.15, 0.2) is 5.79 Å². The standard InChI is InChI=1S/C19H32O5/c1-2-3-4-5-6-8-19(22-10-11-23-19)9-7-14-15-12-18(21)24-17(15)13-16(14)20/h14-17,20H,2-13H2,1H3. The van der Waals surface area contributed by atoms with Gasteiger partial charge in [0.2, 0.25) is 0 Å². The van der Waals surface area contributed by atoms with Crippen molar-refractivity contribution in [2.75, 3.05) is 13.2 Å². The van der Waals surface area contributed by atoms with Gasteiger partial charge in [0.05, 0.1) is 25.7 Å². The molecule has 1 aliphatic carbocycles. The summed E-state index contributed by atoms with van der Waals surface area (Å²) >= 11 is 0. The van der Waals surface area contributed by atoms with E-state index in [0.717, 1.165) is 25.7 Å². The van der Waals surface area contributed by atoms with Crippen molar-refractivity contribution in [3.8, 4) is 0 Å². The van der Waals surface area contributed by atoms with Crippen LogP contribution in [0, 0.1) is 11.8 Å². The summed E-state index contributed by atoms with van der Waals surface area (Å²) in [7, 11) is 0. The Labute approximate surface area is 145 Å². The van der Waals surface area contributed by atoms with Crippen molar-refractivity contribution in [3.63, 3.8) is 0 Å². The van der Waals surface area contributed by atoms with Crippen molar-refractivity contribution >= 4 is 5.97 Å². The number of carbonyl (C=O) groups excluding carboxylic acids is 1. The minimum Gasteiger partial charge on any atom is -0.462 e. The molecule has 5 heteroatoms. The summed E-state index contributed by atoms with van der Waals surface area (Å²) < 4.78 is 17.3. The van der Waals surface area contributed by atoms with Gasteiger partial charge < -0.3 is 19.3 Å². The van der Waals surface area contributed by atoms with Gasteiger partial charge in [0.25, 0.3) is 0 Å². The molecular formula is C19H32O5. The molecule has 5 nitrogen and oxygen atoms in total. The monoisotopic (exact) mass is 340 g/mol. The molecule has 24 heavy (non-hydrogen) atoms. The van der Waals surface area contributed by atoms with E-state index in [4.69, 9.17) is 14.2 Å². The zero-order chi connectivity index (χ0) is 17.0. The summed E-state index contributed by atoms with van der Waals surface area (Å²) in [4.78, 5) is 11.5. The topological polar surface area (TPSA) is 65.0 Å². The predicted molar refractivity (Wildman–Crippen MR) is 89.3 cm³/mol. The van der Waals surface area contributed by atoms with Crippen LogP contribution in [-0.4, -0.2) is 42.3 Å². The minimum absolute atomic E-state index is 0.0760. The zero-order valence-electron chi connectivity index (χ0n) is 14.9. The highest BCUT2D eigenvalue weighted by Crippen LogP contribution is 2.45. The summed E-state index contributed by atoms with van der Waals surface area (Å²) in [6.45, 7) is 3.55. The molecule has 4 atom stereocenters. The van der Waals surface area contributed by atoms with Gasteiger partial charge >= 0.3 is 5.97 Å². The highest BCUT2D eigenvalue weighted by atomic mass is 16.7. The van der Waals surface area contributed by atoms with Gasteiger partial charge in [-0.3, -0.25) is 4.79 Å². The fraction of sp³-hybridized carbons (Fsp3) is 0.947. The van der Waals surface area contributed by atoms with Gasteiger partial charge in [-0.15, -0.1) is 0 Å². The molecule has 1 saturated carbocycles. The van der Waals surface area contributed by atoms with Crippen LogP contribution in [0.1, 0.15) is 71.1 Å². The summed E-state index contributed by atoms with van der Waals surface area (Å²) in [5, 5.41) is 10.3. The van der Waals surface area contributed by atoms with E-state index in [2.05, 4.69) is 6.92 Å². The third-order valence-corrected chi connectivity index (χ3v) is 6.01. The van der Waals surface area contributed by atoms with E-state index in [9.17, 15) is 9.90 Å². The van der Waals surface area contributed by atoms with Crippen LogP contribution >= 0.6 is 0 Å². The van der Waals surface area contributed by atoms with E-state index in [1.54, 1.807) is 0 Å². The maximum Gasteiger partial charge on any atom is 0.306 e. The number of carbonyl (C=O) groups is 1. The normalized spacial score (nSPS) is 34.5. The molecule has 2 heterocycles. The van der Waals surface area contributed by atoms with E-state index < -0.39 is 5.79 Å². The van der Waals surface area contributed by atoms with E-state index >= 15 is 0 Å². The third kappa shape index (κ3) is 4.12. The Morgan fingerprint density at radius 1 is 1.12 bits per heavy atom. The maximum atomic E-state index is 11.5. The molecule has 0 aromatic carbocycles. The Hall–Kier alpha value is -0.650. The van der Waals surface area contributed by atoms with Crippen LogP contribution in [0.15, 0.2) is 0 Å². The Kier molecular flexibility index (Phi) is 6.17. The maximum absolute atomic E-state index is 11.5. The average molecular weight is 340 g/mol. The molecule has 138 valence electrons. The first-order chi connectivity index (χ1) is 11.6. The van der Waals surface area contributed by atoms with E-state index in [0.29, 0.717) is 26.1 Å². The van der Waals surface area contributed by atoms with Crippen molar-refractivity contribution in [1.29, 1.82) is 0 Å². The molecule has 0 amide bonds. The lowest BCUT2D eigenvalue weighted by molar-refractivity contribution is -0.171. The molecule has 3 fully saturated rings. The van der Waals surface area contributed by atoms with Crippen molar-refractivity contribution in [2.45, 2.75) is 89.1 Å². The molecule has 0 aromatic rings. The SMILES string of the molecule is CCCCCCCC1(CCC2C(O)CC3OC(=O)CC32)OCCO1. The average Bonchev–Trinajstić information content (AvgIpc) is 3.21. The lowest BCUT2D eigenvalue weighted by Gasteiger charge is -2.30. The van der Waals surface area contributed by atoms with Gasteiger partial charge in [-0.05, 0) is 18.8 Å². The molecule has 0 spiro atoms. The Morgan fingerprint density at radius 3 is 2.62 bits per heavy atom. The fourth-order valence-corrected chi connectivity index (χ4v) is 4.68. The molecule has 3 aliphatic rings. The zero-order valence-corrected chi connectivity index (χ0v) is 14.9. The minimum atomic E-state index is -0.465. The Morgan fingerprint density at radius 2 is 1.88 bits per heavy atom. The molecule has 4 unspecified atom stereocenters. The van der Waals surface area contributed by atoms with Crippen LogP contribution in [-0.2, 0) is 19.0 Å². The molecule has 0 aromatic heterocycles.